The molecule has 1 aromatic carbocycles. The summed E-state index contributed by atoms with van der Waals surface area (Å²) in [6, 6.07) is 9.63. The molecule has 2 atom stereocenters. The summed E-state index contributed by atoms with van der Waals surface area (Å²) in [5, 5.41) is 0. The molecule has 2 aromatic rings. The van der Waals surface area contributed by atoms with Crippen molar-refractivity contribution in [2.45, 2.75) is 123 Å². The van der Waals surface area contributed by atoms with Crippen molar-refractivity contribution >= 4 is 23.8 Å². The van der Waals surface area contributed by atoms with Gasteiger partial charge in [-0.3, -0.25) is 19.4 Å². The number of pyridine rings is 1. The van der Waals surface area contributed by atoms with E-state index in [0.717, 1.165) is 42.4 Å². The smallest absolute Gasteiger partial charge is 0.410 e. The summed E-state index contributed by atoms with van der Waals surface area (Å²) in [6.07, 6.45) is 9.16. The van der Waals surface area contributed by atoms with Gasteiger partial charge in [-0.2, -0.15) is 0 Å². The highest BCUT2D eigenvalue weighted by molar-refractivity contribution is 5.84. The molecule has 292 valence electrons. The van der Waals surface area contributed by atoms with E-state index in [9.17, 15) is 23.6 Å². The Morgan fingerprint density at radius 1 is 0.868 bits per heavy atom. The Morgan fingerprint density at radius 3 is 2.28 bits per heavy atom. The summed E-state index contributed by atoms with van der Waals surface area (Å²) in [5.41, 5.74) is 1.65. The van der Waals surface area contributed by atoms with Crippen molar-refractivity contribution < 1.29 is 37.8 Å². The van der Waals surface area contributed by atoms with Gasteiger partial charge < -0.3 is 24.0 Å². The fraction of sp³-hybridized carbons (Fsp3) is 0.643. The molecule has 4 rings (SSSR count). The number of hydrogen-bond donors (Lipinski definition) is 0. The van der Waals surface area contributed by atoms with Crippen LogP contribution in [-0.4, -0.2) is 89.2 Å². The van der Waals surface area contributed by atoms with E-state index in [4.69, 9.17) is 14.2 Å². The maximum atomic E-state index is 13.9. The number of amides is 2. The summed E-state index contributed by atoms with van der Waals surface area (Å²) in [5.74, 6) is 0.0182. The lowest BCUT2D eigenvalue weighted by atomic mass is 9.84. The van der Waals surface area contributed by atoms with Crippen LogP contribution >= 0.6 is 0 Å². The zero-order chi connectivity index (χ0) is 38.6. The number of benzene rings is 1. The highest BCUT2D eigenvalue weighted by atomic mass is 19.1. The lowest BCUT2D eigenvalue weighted by Gasteiger charge is -2.35. The van der Waals surface area contributed by atoms with Crippen LogP contribution < -0.4 is 4.74 Å². The van der Waals surface area contributed by atoms with Crippen LogP contribution in [0.15, 0.2) is 42.7 Å². The molecule has 0 bridgehead atoms. The first kappa shape index (κ1) is 41.7. The summed E-state index contributed by atoms with van der Waals surface area (Å²) in [6.45, 7) is 12.8. The predicted octanol–water partition coefficient (Wildman–Crippen LogP) is 7.66. The number of aromatic nitrogens is 1. The second kappa shape index (κ2) is 19.3. The van der Waals surface area contributed by atoms with Crippen LogP contribution in [0.2, 0.25) is 0 Å². The molecule has 53 heavy (non-hydrogen) atoms. The van der Waals surface area contributed by atoms with Crippen molar-refractivity contribution in [1.82, 2.24) is 14.8 Å². The van der Waals surface area contributed by atoms with E-state index < -0.39 is 23.8 Å². The second-order valence-electron chi connectivity index (χ2n) is 16.6. The van der Waals surface area contributed by atoms with E-state index in [1.54, 1.807) is 17.3 Å². The third-order valence-electron chi connectivity index (χ3n) is 9.78. The van der Waals surface area contributed by atoms with Crippen LogP contribution in [-0.2, 0) is 36.7 Å². The molecule has 10 nitrogen and oxygen atoms in total. The van der Waals surface area contributed by atoms with Gasteiger partial charge in [0.2, 0.25) is 5.91 Å². The number of rotatable bonds is 15. The standard InChI is InChI=1S/C42H60FN3O7/c1-41(2,3)52-39(49)26-34(35-23-32(27-44-28-35)13-12-31-9-7-11-36(24-31)51-22-18-43)25-37(47)33-10-8-19-46(29-33)38(48)15-14-30-16-20-45(21-17-30)40(50)53-42(4,5)6/h7,9,11,23-24,27-28,30,33-34H,8,10,12-22,25-26,29H2,1-6H3/t33-,34+/m1/s1. The zero-order valence-corrected chi connectivity index (χ0v) is 32.7. The molecule has 2 amide bonds. The third kappa shape index (κ3) is 14.4. The van der Waals surface area contributed by atoms with Crippen LogP contribution in [0.5, 0.6) is 5.75 Å². The van der Waals surface area contributed by atoms with Crippen molar-refractivity contribution in [3.05, 3.63) is 59.4 Å². The number of likely N-dealkylation sites (tertiary alicyclic amines) is 2. The Kier molecular flexibility index (Phi) is 15.2. The van der Waals surface area contributed by atoms with Gasteiger partial charge in [-0.05, 0) is 121 Å². The number of carbonyl (C=O) groups excluding carboxylic acids is 4. The molecule has 1 aromatic heterocycles. The van der Waals surface area contributed by atoms with E-state index in [0.29, 0.717) is 63.5 Å². The first-order valence-electron chi connectivity index (χ1n) is 19.3. The SMILES string of the molecule is CC(C)(C)OC(=O)C[C@H](CC(=O)[C@@H]1CCCN(C(=O)CCC2CCN(C(=O)OC(C)(C)C)CC2)C1)c1cncc(CCc2cccc(OCCF)c2)c1. The number of Topliss-reactive ketones (excluding diaryl/α,β-unsaturated/α-hetero) is 1. The third-order valence-corrected chi connectivity index (χ3v) is 9.78. The molecule has 2 fully saturated rings. The minimum absolute atomic E-state index is 0.0156. The second-order valence-corrected chi connectivity index (χ2v) is 16.6. The van der Waals surface area contributed by atoms with Crippen LogP contribution in [0.4, 0.5) is 9.18 Å². The number of alkyl halides is 1. The first-order valence-corrected chi connectivity index (χ1v) is 19.3. The van der Waals surface area contributed by atoms with E-state index >= 15 is 0 Å². The largest absolute Gasteiger partial charge is 0.491 e. The van der Waals surface area contributed by atoms with E-state index in [1.807, 2.05) is 76.8 Å². The molecule has 0 spiro atoms. The van der Waals surface area contributed by atoms with E-state index in [2.05, 4.69) is 4.98 Å². The maximum absolute atomic E-state index is 13.9. The number of aryl methyl sites for hydroxylation is 2. The number of piperidine rings is 2. The molecular weight excluding hydrogens is 677 g/mol. The van der Waals surface area contributed by atoms with Crippen LogP contribution in [0.1, 0.15) is 116 Å². The molecule has 2 aliphatic rings. The number of nitrogens with zero attached hydrogens (tertiary/aromatic N) is 3. The predicted molar refractivity (Wildman–Crippen MR) is 201 cm³/mol. The number of esters is 1. The molecule has 3 heterocycles. The van der Waals surface area contributed by atoms with Gasteiger partial charge in [0.25, 0.3) is 0 Å². The van der Waals surface area contributed by atoms with Gasteiger partial charge in [-0.25, -0.2) is 9.18 Å². The molecule has 2 saturated heterocycles. The van der Waals surface area contributed by atoms with Gasteiger partial charge in [0.15, 0.2) is 0 Å². The number of halogens is 1. The summed E-state index contributed by atoms with van der Waals surface area (Å²) in [4.78, 5) is 60.9. The van der Waals surface area contributed by atoms with Gasteiger partial charge in [0.1, 0.15) is 36.0 Å². The Bertz CT molecular complexity index is 1530. The van der Waals surface area contributed by atoms with Gasteiger partial charge >= 0.3 is 12.1 Å². The van der Waals surface area contributed by atoms with Gasteiger partial charge in [0.05, 0.1) is 6.42 Å². The van der Waals surface area contributed by atoms with E-state index in [-0.39, 0.29) is 49.1 Å². The van der Waals surface area contributed by atoms with E-state index in [1.165, 1.54) is 0 Å². The Morgan fingerprint density at radius 2 is 1.58 bits per heavy atom. The van der Waals surface area contributed by atoms with Crippen LogP contribution in [0.3, 0.4) is 0 Å². The molecule has 0 radical (unpaired) electrons. The minimum atomic E-state index is -0.659. The van der Waals surface area contributed by atoms with Crippen LogP contribution in [0, 0.1) is 11.8 Å². The Hall–Kier alpha value is -4.02. The quantitative estimate of drug-likeness (QED) is 0.171. The summed E-state index contributed by atoms with van der Waals surface area (Å²) in [7, 11) is 0. The molecule has 0 aliphatic carbocycles. The molecule has 0 unspecified atom stereocenters. The average molecular weight is 738 g/mol. The molecular formula is C42H60FN3O7. The molecule has 11 heteroatoms. The monoisotopic (exact) mass is 737 g/mol. The zero-order valence-electron chi connectivity index (χ0n) is 32.7. The summed E-state index contributed by atoms with van der Waals surface area (Å²) >= 11 is 0. The fourth-order valence-corrected chi connectivity index (χ4v) is 7.09. The van der Waals surface area contributed by atoms with Crippen LogP contribution in [0.25, 0.3) is 0 Å². The van der Waals surface area contributed by atoms with Crippen molar-refractivity contribution in [2.24, 2.45) is 11.8 Å². The van der Waals surface area contributed by atoms with Gasteiger partial charge in [0, 0.05) is 63.3 Å². The minimum Gasteiger partial charge on any atom is -0.491 e. The summed E-state index contributed by atoms with van der Waals surface area (Å²) < 4.78 is 29.2. The average Bonchev–Trinajstić information content (AvgIpc) is 3.11. The number of hydrogen-bond acceptors (Lipinski definition) is 8. The maximum Gasteiger partial charge on any atom is 0.410 e. The topological polar surface area (TPSA) is 115 Å². The van der Waals surface area contributed by atoms with Gasteiger partial charge in [-0.15, -0.1) is 0 Å². The Balaban J connectivity index is 1.34. The van der Waals surface area contributed by atoms with Crippen molar-refractivity contribution in [1.29, 1.82) is 0 Å². The molecule has 0 N–H and O–H groups in total. The number of ether oxygens (including phenoxy) is 3. The Labute approximate surface area is 315 Å². The van der Waals surface area contributed by atoms with Crippen molar-refractivity contribution in [3.8, 4) is 5.75 Å². The first-order chi connectivity index (χ1) is 25.1. The lowest BCUT2D eigenvalue weighted by Crippen LogP contribution is -2.43. The lowest BCUT2D eigenvalue weighted by molar-refractivity contribution is -0.155. The van der Waals surface area contributed by atoms with Crippen molar-refractivity contribution in [3.63, 3.8) is 0 Å². The molecule has 2 aliphatic heterocycles. The van der Waals surface area contributed by atoms with Gasteiger partial charge in [-0.1, -0.05) is 18.2 Å². The number of ketones is 1. The number of carbonyl (C=O) groups is 4. The normalized spacial score (nSPS) is 17.6. The van der Waals surface area contributed by atoms with Crippen molar-refractivity contribution in [2.75, 3.05) is 39.5 Å². The highest BCUT2D eigenvalue weighted by Crippen LogP contribution is 2.31. The fourth-order valence-electron chi connectivity index (χ4n) is 7.09. The molecule has 0 saturated carbocycles. The highest BCUT2D eigenvalue weighted by Gasteiger charge is 2.33.